The fourth-order valence-corrected chi connectivity index (χ4v) is 3.45. The second-order valence-electron chi connectivity index (χ2n) is 6.73. The fourth-order valence-electron chi connectivity index (χ4n) is 3.19. The normalized spacial score (nSPS) is 10.4. The van der Waals surface area contributed by atoms with Gasteiger partial charge in [-0.15, -0.1) is 0 Å². The highest BCUT2D eigenvalue weighted by Gasteiger charge is 2.12. The largest absolute Gasteiger partial charge is 0.398 e. The summed E-state index contributed by atoms with van der Waals surface area (Å²) in [6, 6.07) is 18.6. The van der Waals surface area contributed by atoms with Crippen LogP contribution in [0.5, 0.6) is 0 Å². The highest BCUT2D eigenvalue weighted by molar-refractivity contribution is 6.35. The molecule has 0 spiro atoms. The molecular formula is C23H22ClN5O2. The molecule has 31 heavy (non-hydrogen) atoms. The first-order chi connectivity index (χ1) is 14.8. The molecule has 2 heterocycles. The Morgan fingerprint density at radius 1 is 1.06 bits per heavy atom. The zero-order valence-electron chi connectivity index (χ0n) is 16.9. The summed E-state index contributed by atoms with van der Waals surface area (Å²) in [5.41, 5.74) is 17.9. The van der Waals surface area contributed by atoms with E-state index in [1.165, 1.54) is 12.3 Å². The SMILES string of the molecule is CCc1cc2cccc(Cl)c2c(=O)n1-c1ccccc1.NC(=O)c1cnc(N)cc1N. The van der Waals surface area contributed by atoms with Crippen LogP contribution >= 0.6 is 11.6 Å². The van der Waals surface area contributed by atoms with E-state index in [4.69, 9.17) is 28.8 Å². The minimum Gasteiger partial charge on any atom is -0.398 e. The summed E-state index contributed by atoms with van der Waals surface area (Å²) in [4.78, 5) is 27.1. The van der Waals surface area contributed by atoms with Crippen molar-refractivity contribution < 1.29 is 4.79 Å². The molecule has 6 N–H and O–H groups in total. The summed E-state index contributed by atoms with van der Waals surface area (Å²) in [7, 11) is 0. The Morgan fingerprint density at radius 3 is 2.39 bits per heavy atom. The molecule has 0 aliphatic rings. The van der Waals surface area contributed by atoms with Gasteiger partial charge in [0.25, 0.3) is 11.5 Å². The van der Waals surface area contributed by atoms with Crippen molar-refractivity contribution in [3.63, 3.8) is 0 Å². The number of benzene rings is 2. The number of carbonyl (C=O) groups is 1. The van der Waals surface area contributed by atoms with Crippen LogP contribution in [0.2, 0.25) is 5.02 Å². The molecule has 4 rings (SSSR count). The van der Waals surface area contributed by atoms with Gasteiger partial charge in [-0.1, -0.05) is 48.9 Å². The van der Waals surface area contributed by atoms with Crippen molar-refractivity contribution in [1.29, 1.82) is 0 Å². The Bertz CT molecular complexity index is 1300. The standard InChI is InChI=1S/C17H14ClNO.C6H8N4O/c1-2-13-11-12-7-6-10-15(18)16(12)17(20)19(13)14-8-4-3-5-9-14;7-4-1-5(8)10-2-3(4)6(9)11/h3-11H,2H2,1H3;1-2H,(H2,9,11)(H4,7,8,10). The van der Waals surface area contributed by atoms with Crippen LogP contribution in [0.25, 0.3) is 16.5 Å². The topological polar surface area (TPSA) is 130 Å². The number of aromatic nitrogens is 2. The quantitative estimate of drug-likeness (QED) is 0.453. The number of hydrogen-bond acceptors (Lipinski definition) is 5. The molecule has 0 unspecified atom stereocenters. The van der Waals surface area contributed by atoms with E-state index in [1.807, 2.05) is 55.5 Å². The number of carbonyl (C=O) groups excluding carboxylic acids is 1. The molecule has 0 aliphatic carbocycles. The number of rotatable bonds is 3. The maximum atomic E-state index is 12.8. The molecule has 2 aromatic heterocycles. The lowest BCUT2D eigenvalue weighted by atomic mass is 10.1. The van der Waals surface area contributed by atoms with Crippen LogP contribution in [0.15, 0.2) is 71.7 Å². The lowest BCUT2D eigenvalue weighted by Crippen LogP contribution is -2.22. The molecule has 7 nitrogen and oxygen atoms in total. The van der Waals surface area contributed by atoms with Crippen LogP contribution in [0.4, 0.5) is 11.5 Å². The summed E-state index contributed by atoms with van der Waals surface area (Å²) < 4.78 is 1.74. The van der Waals surface area contributed by atoms with Crippen LogP contribution in [-0.2, 0) is 6.42 Å². The maximum absolute atomic E-state index is 12.8. The predicted octanol–water partition coefficient (Wildman–Crippen LogP) is 3.55. The van der Waals surface area contributed by atoms with Gasteiger partial charge in [0.1, 0.15) is 5.82 Å². The number of halogens is 1. The van der Waals surface area contributed by atoms with Crippen molar-refractivity contribution in [2.45, 2.75) is 13.3 Å². The van der Waals surface area contributed by atoms with Gasteiger partial charge >= 0.3 is 0 Å². The van der Waals surface area contributed by atoms with E-state index in [0.29, 0.717) is 10.4 Å². The van der Waals surface area contributed by atoms with E-state index >= 15 is 0 Å². The number of amides is 1. The third kappa shape index (κ3) is 4.67. The van der Waals surface area contributed by atoms with E-state index in [-0.39, 0.29) is 22.6 Å². The van der Waals surface area contributed by atoms with Gasteiger partial charge in [-0.25, -0.2) is 4.98 Å². The second kappa shape index (κ2) is 9.32. The molecule has 0 radical (unpaired) electrons. The summed E-state index contributed by atoms with van der Waals surface area (Å²) in [6.45, 7) is 2.05. The maximum Gasteiger partial charge on any atom is 0.264 e. The molecule has 0 saturated heterocycles. The van der Waals surface area contributed by atoms with Gasteiger partial charge in [-0.05, 0) is 36.1 Å². The van der Waals surface area contributed by atoms with Gasteiger partial charge in [0.05, 0.1) is 16.0 Å². The van der Waals surface area contributed by atoms with E-state index in [2.05, 4.69) is 4.98 Å². The molecule has 0 fully saturated rings. The summed E-state index contributed by atoms with van der Waals surface area (Å²) in [5, 5.41) is 1.97. The molecule has 158 valence electrons. The monoisotopic (exact) mass is 435 g/mol. The molecule has 8 heteroatoms. The van der Waals surface area contributed by atoms with Gasteiger partial charge < -0.3 is 17.2 Å². The Labute approximate surface area is 184 Å². The Balaban J connectivity index is 0.000000210. The van der Waals surface area contributed by atoms with Crippen LogP contribution in [-0.4, -0.2) is 15.5 Å². The fraction of sp³-hybridized carbons (Fsp3) is 0.0870. The minimum atomic E-state index is -0.602. The number of pyridine rings is 2. The number of anilines is 2. The molecule has 0 saturated carbocycles. The third-order valence-corrected chi connectivity index (χ3v) is 4.99. The van der Waals surface area contributed by atoms with Crippen LogP contribution in [0.1, 0.15) is 23.0 Å². The molecular weight excluding hydrogens is 414 g/mol. The van der Waals surface area contributed by atoms with E-state index in [9.17, 15) is 9.59 Å². The number of nitrogens with zero attached hydrogens (tertiary/aromatic N) is 2. The third-order valence-electron chi connectivity index (χ3n) is 4.67. The van der Waals surface area contributed by atoms with Crippen molar-refractivity contribution >= 4 is 39.8 Å². The number of nitrogen functional groups attached to an aromatic ring is 2. The smallest absolute Gasteiger partial charge is 0.264 e. The van der Waals surface area contributed by atoms with E-state index in [0.717, 1.165) is 23.2 Å². The van der Waals surface area contributed by atoms with Crippen molar-refractivity contribution in [2.75, 3.05) is 11.5 Å². The van der Waals surface area contributed by atoms with Crippen LogP contribution in [0.3, 0.4) is 0 Å². The lowest BCUT2D eigenvalue weighted by Gasteiger charge is -2.14. The van der Waals surface area contributed by atoms with Gasteiger partial charge in [0.15, 0.2) is 0 Å². The Hall–Kier alpha value is -3.84. The second-order valence-corrected chi connectivity index (χ2v) is 7.14. The minimum absolute atomic E-state index is 0.0591. The van der Waals surface area contributed by atoms with Gasteiger partial charge in [-0.3, -0.25) is 14.2 Å². The molecule has 4 aromatic rings. The molecule has 0 bridgehead atoms. The number of fused-ring (bicyclic) bond motifs is 1. The van der Waals surface area contributed by atoms with Crippen molar-refractivity contribution in [3.8, 4) is 5.69 Å². The van der Waals surface area contributed by atoms with Crippen LogP contribution < -0.4 is 22.8 Å². The highest BCUT2D eigenvalue weighted by atomic mass is 35.5. The van der Waals surface area contributed by atoms with Crippen molar-refractivity contribution in [2.24, 2.45) is 5.73 Å². The first kappa shape index (κ1) is 21.9. The number of primary amides is 1. The Morgan fingerprint density at radius 2 is 1.77 bits per heavy atom. The van der Waals surface area contributed by atoms with Crippen LogP contribution in [0, 0.1) is 0 Å². The highest BCUT2D eigenvalue weighted by Crippen LogP contribution is 2.22. The van der Waals surface area contributed by atoms with E-state index in [1.54, 1.807) is 10.6 Å². The number of aryl methyl sites for hydroxylation is 1. The van der Waals surface area contributed by atoms with Crippen molar-refractivity contribution in [3.05, 3.63) is 93.5 Å². The number of nitrogens with two attached hydrogens (primary N) is 3. The zero-order chi connectivity index (χ0) is 22.5. The molecule has 0 atom stereocenters. The Kier molecular flexibility index (Phi) is 6.57. The average Bonchev–Trinajstić information content (AvgIpc) is 2.74. The van der Waals surface area contributed by atoms with E-state index < -0.39 is 5.91 Å². The zero-order valence-corrected chi connectivity index (χ0v) is 17.6. The summed E-state index contributed by atoms with van der Waals surface area (Å²) in [6.07, 6.45) is 2.04. The summed E-state index contributed by atoms with van der Waals surface area (Å²) >= 11 is 6.20. The summed E-state index contributed by atoms with van der Waals surface area (Å²) in [5.74, 6) is -0.331. The first-order valence-corrected chi connectivity index (χ1v) is 9.90. The number of para-hydroxylation sites is 1. The van der Waals surface area contributed by atoms with Gasteiger partial charge in [-0.2, -0.15) is 0 Å². The van der Waals surface area contributed by atoms with Gasteiger partial charge in [0, 0.05) is 29.3 Å². The predicted molar refractivity (Wildman–Crippen MR) is 126 cm³/mol. The first-order valence-electron chi connectivity index (χ1n) is 9.52. The molecule has 0 aliphatic heterocycles. The molecule has 1 amide bonds. The number of hydrogen-bond donors (Lipinski definition) is 3. The van der Waals surface area contributed by atoms with Crippen molar-refractivity contribution in [1.82, 2.24) is 9.55 Å². The lowest BCUT2D eigenvalue weighted by molar-refractivity contribution is 0.100. The average molecular weight is 436 g/mol. The van der Waals surface area contributed by atoms with Gasteiger partial charge in [0.2, 0.25) is 0 Å². The molecule has 2 aromatic carbocycles.